The van der Waals surface area contributed by atoms with Gasteiger partial charge in [-0.2, -0.15) is 0 Å². The molecular weight excluding hydrogens is 492 g/mol. The van der Waals surface area contributed by atoms with Crippen molar-refractivity contribution in [3.8, 4) is 11.5 Å². The fourth-order valence-electron chi connectivity index (χ4n) is 4.68. The Balaban J connectivity index is 1.62. The highest BCUT2D eigenvalue weighted by atomic mass is 35.5. The maximum Gasteiger partial charge on any atom is 0.296 e. The number of unbranched alkanes of at least 4 members (excludes halogenated alkanes) is 3. The molecule has 8 heteroatoms. The van der Waals surface area contributed by atoms with Crippen LogP contribution in [0.1, 0.15) is 60.3 Å². The van der Waals surface area contributed by atoms with Crippen molar-refractivity contribution in [2.45, 2.75) is 38.6 Å². The lowest BCUT2D eigenvalue weighted by Gasteiger charge is -2.25. The number of fused-ring (bicyclic) bond motifs is 2. The van der Waals surface area contributed by atoms with Crippen LogP contribution in [0.3, 0.4) is 0 Å². The minimum Gasteiger partial charge on any atom is -0.493 e. The zero-order chi connectivity index (χ0) is 25.9. The highest BCUT2D eigenvalue weighted by Gasteiger charge is 2.44. The molecule has 0 N–H and O–H groups in total. The highest BCUT2D eigenvalue weighted by Crippen LogP contribution is 2.42. The molecule has 3 heterocycles. The number of benzene rings is 2. The molecule has 0 fully saturated rings. The van der Waals surface area contributed by atoms with Gasteiger partial charge in [0.15, 0.2) is 16.9 Å². The van der Waals surface area contributed by atoms with E-state index in [1.807, 2.05) is 12.1 Å². The van der Waals surface area contributed by atoms with Crippen LogP contribution in [-0.4, -0.2) is 24.6 Å². The summed E-state index contributed by atoms with van der Waals surface area (Å²) in [6.07, 6.45) is 5.98. The van der Waals surface area contributed by atoms with Crippen LogP contribution < -0.4 is 19.8 Å². The molecule has 37 heavy (non-hydrogen) atoms. The first-order valence-electron chi connectivity index (χ1n) is 12.3. The van der Waals surface area contributed by atoms with Gasteiger partial charge in [0.1, 0.15) is 11.4 Å². The third-order valence-corrected chi connectivity index (χ3v) is 6.72. The second-order valence-electron chi connectivity index (χ2n) is 8.90. The van der Waals surface area contributed by atoms with Gasteiger partial charge in [0.05, 0.1) is 30.7 Å². The molecular formula is C29H27ClN2O5. The fraction of sp³-hybridized carbons (Fsp3) is 0.276. The Hall–Kier alpha value is -3.84. The first kappa shape index (κ1) is 24.8. The molecule has 0 saturated carbocycles. The third-order valence-electron chi connectivity index (χ3n) is 6.49. The van der Waals surface area contributed by atoms with Crippen molar-refractivity contribution in [2.24, 2.45) is 0 Å². The first-order valence-corrected chi connectivity index (χ1v) is 12.7. The smallest absolute Gasteiger partial charge is 0.296 e. The topological polar surface area (TPSA) is 81.9 Å². The van der Waals surface area contributed by atoms with Gasteiger partial charge < -0.3 is 13.9 Å². The minimum absolute atomic E-state index is 0.00862. The maximum absolute atomic E-state index is 13.8. The molecule has 1 amide bonds. The Morgan fingerprint density at radius 3 is 2.65 bits per heavy atom. The van der Waals surface area contributed by atoms with Crippen molar-refractivity contribution in [1.82, 2.24) is 4.98 Å². The number of hydrogen-bond acceptors (Lipinski definition) is 6. The standard InChI is InChI=1S/C29H27ClN2O5/c1-3-4-5-8-15-36-22-12-10-18(16-23(22)35-2)26-25-27(33)20-17-19(30)11-13-21(20)37-28(25)29(34)32(26)24-9-6-7-14-31-24/h6-7,9-14,16-17,26H,3-5,8,15H2,1-2H3. The molecule has 0 spiro atoms. The Labute approximate surface area is 219 Å². The van der Waals surface area contributed by atoms with Gasteiger partial charge in [0, 0.05) is 11.2 Å². The molecule has 1 unspecified atom stereocenters. The van der Waals surface area contributed by atoms with E-state index >= 15 is 0 Å². The molecule has 190 valence electrons. The van der Waals surface area contributed by atoms with E-state index in [1.165, 1.54) is 11.3 Å². The van der Waals surface area contributed by atoms with Gasteiger partial charge in [-0.1, -0.05) is 49.9 Å². The van der Waals surface area contributed by atoms with Gasteiger partial charge in [0.25, 0.3) is 5.91 Å². The van der Waals surface area contributed by atoms with Gasteiger partial charge in [-0.05, 0) is 54.4 Å². The average molecular weight is 519 g/mol. The van der Waals surface area contributed by atoms with E-state index in [9.17, 15) is 9.59 Å². The van der Waals surface area contributed by atoms with Crippen LogP contribution >= 0.6 is 11.6 Å². The van der Waals surface area contributed by atoms with E-state index in [2.05, 4.69) is 11.9 Å². The zero-order valence-corrected chi connectivity index (χ0v) is 21.5. The molecule has 1 atom stereocenters. The largest absolute Gasteiger partial charge is 0.493 e. The summed E-state index contributed by atoms with van der Waals surface area (Å²) in [5.74, 6) is 1.08. The lowest BCUT2D eigenvalue weighted by atomic mass is 9.98. The summed E-state index contributed by atoms with van der Waals surface area (Å²) >= 11 is 6.18. The second-order valence-corrected chi connectivity index (χ2v) is 9.34. The van der Waals surface area contributed by atoms with E-state index in [1.54, 1.807) is 55.8 Å². The van der Waals surface area contributed by atoms with Gasteiger partial charge in [-0.3, -0.25) is 14.5 Å². The Morgan fingerprint density at radius 1 is 1.03 bits per heavy atom. The van der Waals surface area contributed by atoms with Crippen molar-refractivity contribution in [3.63, 3.8) is 0 Å². The molecule has 0 bridgehead atoms. The molecule has 1 aliphatic heterocycles. The molecule has 1 aliphatic rings. The number of carbonyl (C=O) groups is 1. The van der Waals surface area contributed by atoms with Crippen LogP contribution in [0, 0.1) is 0 Å². The number of carbonyl (C=O) groups excluding carboxylic acids is 1. The van der Waals surface area contributed by atoms with Crippen molar-refractivity contribution in [2.75, 3.05) is 18.6 Å². The number of anilines is 1. The minimum atomic E-state index is -0.774. The van der Waals surface area contributed by atoms with Crippen LogP contribution in [-0.2, 0) is 0 Å². The number of ether oxygens (including phenoxy) is 2. The molecule has 2 aromatic heterocycles. The summed E-state index contributed by atoms with van der Waals surface area (Å²) in [7, 11) is 1.57. The summed E-state index contributed by atoms with van der Waals surface area (Å²) in [5, 5.41) is 0.718. The number of aromatic nitrogens is 1. The van der Waals surface area contributed by atoms with E-state index in [0.29, 0.717) is 45.5 Å². The molecule has 0 radical (unpaired) electrons. The first-order chi connectivity index (χ1) is 18.0. The normalized spacial score (nSPS) is 14.7. The molecule has 0 aliphatic carbocycles. The zero-order valence-electron chi connectivity index (χ0n) is 20.7. The number of hydrogen-bond donors (Lipinski definition) is 0. The van der Waals surface area contributed by atoms with Gasteiger partial charge in [-0.15, -0.1) is 0 Å². The number of methoxy groups -OCH3 is 1. The number of rotatable bonds is 9. The quantitative estimate of drug-likeness (QED) is 0.233. The Bertz CT molecular complexity index is 1500. The molecule has 0 saturated heterocycles. The van der Waals surface area contributed by atoms with Crippen molar-refractivity contribution in [3.05, 3.63) is 92.9 Å². The van der Waals surface area contributed by atoms with E-state index < -0.39 is 11.9 Å². The summed E-state index contributed by atoms with van der Waals surface area (Å²) in [6.45, 7) is 2.75. The molecule has 5 rings (SSSR count). The van der Waals surface area contributed by atoms with Crippen LogP contribution in [0.25, 0.3) is 11.0 Å². The van der Waals surface area contributed by atoms with Crippen molar-refractivity contribution in [1.29, 1.82) is 0 Å². The number of pyridine rings is 1. The summed E-state index contributed by atoms with van der Waals surface area (Å²) in [6, 6.07) is 14.7. The number of halogens is 1. The fourth-order valence-corrected chi connectivity index (χ4v) is 4.85. The van der Waals surface area contributed by atoms with Crippen LogP contribution in [0.5, 0.6) is 11.5 Å². The van der Waals surface area contributed by atoms with E-state index in [4.69, 9.17) is 25.5 Å². The summed E-state index contributed by atoms with van der Waals surface area (Å²) in [5.41, 5.74) is 0.889. The van der Waals surface area contributed by atoms with Crippen LogP contribution in [0.2, 0.25) is 5.02 Å². The summed E-state index contributed by atoms with van der Waals surface area (Å²) in [4.78, 5) is 33.3. The second kappa shape index (κ2) is 10.6. The van der Waals surface area contributed by atoms with Gasteiger partial charge in [-0.25, -0.2) is 4.98 Å². The average Bonchev–Trinajstić information content (AvgIpc) is 3.22. The summed E-state index contributed by atoms with van der Waals surface area (Å²) < 4.78 is 17.6. The third kappa shape index (κ3) is 4.67. The predicted molar refractivity (Wildman–Crippen MR) is 143 cm³/mol. The maximum atomic E-state index is 13.8. The molecule has 7 nitrogen and oxygen atoms in total. The van der Waals surface area contributed by atoms with Crippen LogP contribution in [0.15, 0.2) is 70.0 Å². The number of amides is 1. The SMILES string of the molecule is CCCCCCOc1ccc(C2c3c(oc4ccc(Cl)cc4c3=O)C(=O)N2c2ccccn2)cc1OC. The Kier molecular flexibility index (Phi) is 7.15. The lowest BCUT2D eigenvalue weighted by molar-refractivity contribution is 0.0970. The van der Waals surface area contributed by atoms with Gasteiger partial charge >= 0.3 is 0 Å². The lowest BCUT2D eigenvalue weighted by Crippen LogP contribution is -2.30. The van der Waals surface area contributed by atoms with Crippen LogP contribution in [0.4, 0.5) is 5.82 Å². The van der Waals surface area contributed by atoms with E-state index in [0.717, 1.165) is 19.3 Å². The van der Waals surface area contributed by atoms with Crippen molar-refractivity contribution >= 4 is 34.3 Å². The monoisotopic (exact) mass is 518 g/mol. The van der Waals surface area contributed by atoms with E-state index in [-0.39, 0.29) is 16.8 Å². The number of nitrogens with zero attached hydrogens (tertiary/aromatic N) is 2. The molecule has 4 aromatic rings. The molecule has 2 aromatic carbocycles. The highest BCUT2D eigenvalue weighted by molar-refractivity contribution is 6.31. The predicted octanol–water partition coefficient (Wildman–Crippen LogP) is 6.56. The van der Waals surface area contributed by atoms with Crippen molar-refractivity contribution < 1.29 is 18.7 Å². The Morgan fingerprint density at radius 2 is 1.89 bits per heavy atom. The van der Waals surface area contributed by atoms with Gasteiger partial charge in [0.2, 0.25) is 5.76 Å².